The molecule has 1 aromatic heterocycles. The minimum atomic E-state index is 0.669. The molecule has 0 saturated heterocycles. The lowest BCUT2D eigenvalue weighted by atomic mass is 10.1. The summed E-state index contributed by atoms with van der Waals surface area (Å²) in [6.45, 7) is 1.44. The summed E-state index contributed by atoms with van der Waals surface area (Å²) in [5, 5.41) is 2.06. The van der Waals surface area contributed by atoms with E-state index in [0.717, 1.165) is 28.0 Å². The number of rotatable bonds is 4. The van der Waals surface area contributed by atoms with Gasteiger partial charge in [-0.2, -0.15) is 0 Å². The molecule has 0 atom stereocenters. The molecule has 0 aliphatic rings. The smallest absolute Gasteiger partial charge is 0.0490 e. The molecule has 108 valence electrons. The van der Waals surface area contributed by atoms with Gasteiger partial charge in [0.05, 0.1) is 0 Å². The largest absolute Gasteiger partial charge is 0.343 e. The van der Waals surface area contributed by atoms with Gasteiger partial charge in [-0.1, -0.05) is 45.7 Å². The predicted molar refractivity (Wildman–Crippen MR) is 93.0 cm³/mol. The van der Waals surface area contributed by atoms with Crippen LogP contribution < -0.4 is 5.73 Å². The van der Waals surface area contributed by atoms with Crippen molar-refractivity contribution in [2.45, 2.75) is 13.0 Å². The van der Waals surface area contributed by atoms with Gasteiger partial charge in [0.25, 0.3) is 0 Å². The molecule has 2 nitrogen and oxygen atoms in total. The molecule has 1 heterocycles. The zero-order valence-electron chi connectivity index (χ0n) is 11.5. The molecule has 0 unspecified atom stereocenters. The third kappa shape index (κ3) is 3.00. The number of hydrogen-bond acceptors (Lipinski definition) is 1. The van der Waals surface area contributed by atoms with Crippen LogP contribution in [-0.4, -0.2) is 11.1 Å². The molecule has 0 amide bonds. The second kappa shape index (κ2) is 6.22. The van der Waals surface area contributed by atoms with Crippen molar-refractivity contribution in [3.8, 4) is 0 Å². The molecule has 4 heteroatoms. The molecule has 2 N–H and O–H groups in total. The Morgan fingerprint density at radius 3 is 2.71 bits per heavy atom. The number of aromatic nitrogens is 1. The first-order chi connectivity index (χ1) is 10.2. The third-order valence-corrected chi connectivity index (χ3v) is 4.52. The Bertz CT molecular complexity index is 780. The Labute approximate surface area is 137 Å². The molecule has 3 rings (SSSR count). The summed E-state index contributed by atoms with van der Waals surface area (Å²) < 4.78 is 3.23. The van der Waals surface area contributed by atoms with E-state index in [1.807, 2.05) is 12.1 Å². The second-order valence-corrected chi connectivity index (χ2v) is 6.39. The molecule has 2 aromatic carbocycles. The van der Waals surface area contributed by atoms with Gasteiger partial charge >= 0.3 is 0 Å². The van der Waals surface area contributed by atoms with Crippen molar-refractivity contribution in [1.82, 2.24) is 4.57 Å². The normalized spacial score (nSPS) is 11.2. The number of nitrogens with zero attached hydrogens (tertiary/aromatic N) is 1. The number of benzene rings is 2. The molecule has 0 spiro atoms. The van der Waals surface area contributed by atoms with Crippen molar-refractivity contribution < 1.29 is 0 Å². The molecule has 21 heavy (non-hydrogen) atoms. The van der Waals surface area contributed by atoms with Gasteiger partial charge in [-0.05, 0) is 48.4 Å². The summed E-state index contributed by atoms with van der Waals surface area (Å²) in [7, 11) is 0. The summed E-state index contributed by atoms with van der Waals surface area (Å²) >= 11 is 9.76. The zero-order valence-corrected chi connectivity index (χ0v) is 13.9. The summed E-state index contributed by atoms with van der Waals surface area (Å²) in [4.78, 5) is 0. The molecule has 0 fully saturated rings. The average Bonchev–Trinajstić information content (AvgIpc) is 2.87. The van der Waals surface area contributed by atoms with Gasteiger partial charge in [-0.25, -0.2) is 0 Å². The summed E-state index contributed by atoms with van der Waals surface area (Å²) in [6.07, 6.45) is 3.02. The number of fused-ring (bicyclic) bond motifs is 1. The van der Waals surface area contributed by atoms with Crippen LogP contribution in [0.2, 0.25) is 5.02 Å². The third-order valence-electron chi connectivity index (χ3n) is 3.67. The predicted octanol–water partition coefficient (Wildman–Crippen LogP) is 4.61. The Kier molecular flexibility index (Phi) is 4.34. The van der Waals surface area contributed by atoms with Gasteiger partial charge in [0.1, 0.15) is 0 Å². The lowest BCUT2D eigenvalue weighted by Gasteiger charge is -2.09. The fourth-order valence-corrected chi connectivity index (χ4v) is 3.37. The summed E-state index contributed by atoms with van der Waals surface area (Å²) in [5.74, 6) is 0. The van der Waals surface area contributed by atoms with Crippen LogP contribution in [-0.2, 0) is 13.0 Å². The van der Waals surface area contributed by atoms with Crippen molar-refractivity contribution in [3.63, 3.8) is 0 Å². The fraction of sp³-hybridized carbons (Fsp3) is 0.176. The molecule has 3 aromatic rings. The van der Waals surface area contributed by atoms with Crippen molar-refractivity contribution in [1.29, 1.82) is 0 Å². The molecule has 0 radical (unpaired) electrons. The first-order valence-electron chi connectivity index (χ1n) is 6.90. The van der Waals surface area contributed by atoms with E-state index in [-0.39, 0.29) is 0 Å². The Balaban J connectivity index is 1.99. The number of nitrogens with two attached hydrogens (primary N) is 1. The van der Waals surface area contributed by atoms with Gasteiger partial charge in [0.15, 0.2) is 0 Å². The zero-order chi connectivity index (χ0) is 14.8. The van der Waals surface area contributed by atoms with E-state index in [1.165, 1.54) is 16.5 Å². The van der Waals surface area contributed by atoms with E-state index in [2.05, 4.69) is 57.0 Å². The van der Waals surface area contributed by atoms with E-state index in [1.54, 1.807) is 0 Å². The molecule has 0 aliphatic carbocycles. The van der Waals surface area contributed by atoms with E-state index in [9.17, 15) is 0 Å². The van der Waals surface area contributed by atoms with Gasteiger partial charge in [0, 0.05) is 33.1 Å². The van der Waals surface area contributed by atoms with Gasteiger partial charge in [0.2, 0.25) is 0 Å². The van der Waals surface area contributed by atoms with Crippen LogP contribution in [0.5, 0.6) is 0 Å². The molecule has 0 bridgehead atoms. The highest BCUT2D eigenvalue weighted by Gasteiger charge is 2.07. The Hall–Kier alpha value is -1.29. The van der Waals surface area contributed by atoms with Crippen LogP contribution in [0, 0.1) is 0 Å². The van der Waals surface area contributed by atoms with Gasteiger partial charge < -0.3 is 10.3 Å². The first kappa shape index (κ1) is 14.6. The van der Waals surface area contributed by atoms with E-state index >= 15 is 0 Å². The van der Waals surface area contributed by atoms with Crippen LogP contribution in [0.4, 0.5) is 0 Å². The second-order valence-electron chi connectivity index (χ2n) is 5.07. The van der Waals surface area contributed by atoms with E-state index in [4.69, 9.17) is 17.3 Å². The molecule has 0 saturated carbocycles. The van der Waals surface area contributed by atoms with Gasteiger partial charge in [-0.15, -0.1) is 0 Å². The topological polar surface area (TPSA) is 30.9 Å². The lowest BCUT2D eigenvalue weighted by molar-refractivity contribution is 0.836. The molecular weight excluding hydrogens is 348 g/mol. The highest BCUT2D eigenvalue weighted by atomic mass is 79.9. The minimum absolute atomic E-state index is 0.669. The highest BCUT2D eigenvalue weighted by Crippen LogP contribution is 2.25. The maximum absolute atomic E-state index is 6.32. The lowest BCUT2D eigenvalue weighted by Crippen LogP contribution is -2.03. The molecular formula is C17H16BrClN2. The Morgan fingerprint density at radius 1 is 1.10 bits per heavy atom. The van der Waals surface area contributed by atoms with Crippen LogP contribution in [0.15, 0.2) is 53.1 Å². The van der Waals surface area contributed by atoms with Crippen molar-refractivity contribution in [3.05, 3.63) is 69.3 Å². The maximum Gasteiger partial charge on any atom is 0.0490 e. The van der Waals surface area contributed by atoms with E-state index in [0.29, 0.717) is 6.54 Å². The van der Waals surface area contributed by atoms with Crippen LogP contribution >= 0.6 is 27.5 Å². The fourth-order valence-electron chi connectivity index (χ4n) is 2.63. The monoisotopic (exact) mass is 362 g/mol. The van der Waals surface area contributed by atoms with Crippen molar-refractivity contribution in [2.24, 2.45) is 5.73 Å². The van der Waals surface area contributed by atoms with Crippen molar-refractivity contribution >= 4 is 38.4 Å². The summed E-state index contributed by atoms with van der Waals surface area (Å²) in [6, 6.07) is 14.5. The average molecular weight is 364 g/mol. The van der Waals surface area contributed by atoms with Gasteiger partial charge in [-0.3, -0.25) is 0 Å². The highest BCUT2D eigenvalue weighted by molar-refractivity contribution is 9.10. The first-order valence-corrected chi connectivity index (χ1v) is 8.07. The van der Waals surface area contributed by atoms with Crippen molar-refractivity contribution in [2.75, 3.05) is 6.54 Å². The Morgan fingerprint density at radius 2 is 1.95 bits per heavy atom. The van der Waals surface area contributed by atoms with Crippen LogP contribution in [0.25, 0.3) is 10.9 Å². The number of halogens is 2. The van der Waals surface area contributed by atoms with Crippen LogP contribution in [0.1, 0.15) is 11.1 Å². The molecule has 0 aliphatic heterocycles. The quantitative estimate of drug-likeness (QED) is 0.721. The van der Waals surface area contributed by atoms with Crippen LogP contribution in [0.3, 0.4) is 0 Å². The minimum Gasteiger partial charge on any atom is -0.343 e. The standard InChI is InChI=1S/C17H16BrClN2/c18-14-5-4-13(16(19)10-14)11-21-9-7-15-12(6-8-20)2-1-3-17(15)21/h1-5,7,9-10H,6,8,11,20H2. The van der Waals surface area contributed by atoms with E-state index < -0.39 is 0 Å². The maximum atomic E-state index is 6.32. The SMILES string of the molecule is NCCc1cccc2c1ccn2Cc1ccc(Br)cc1Cl. The summed E-state index contributed by atoms with van der Waals surface area (Å²) in [5.41, 5.74) is 9.32. The number of hydrogen-bond donors (Lipinski definition) is 1.